The maximum Gasteiger partial charge on any atom is 0.321 e. The van der Waals surface area contributed by atoms with Gasteiger partial charge in [0, 0.05) is 24.3 Å². The van der Waals surface area contributed by atoms with Gasteiger partial charge in [-0.1, -0.05) is 19.1 Å². The Morgan fingerprint density at radius 2 is 2.20 bits per heavy atom. The van der Waals surface area contributed by atoms with E-state index >= 15 is 0 Å². The first-order chi connectivity index (χ1) is 9.65. The van der Waals surface area contributed by atoms with Crippen molar-refractivity contribution in [2.45, 2.75) is 33.1 Å². The summed E-state index contributed by atoms with van der Waals surface area (Å²) in [6.45, 7) is 5.54. The normalized spacial score (nSPS) is 13.9. The quantitative estimate of drug-likeness (QED) is 0.808. The Bertz CT molecular complexity index is 495. The Kier molecular flexibility index (Phi) is 4.77. The highest BCUT2D eigenvalue weighted by Crippen LogP contribution is 2.30. The lowest BCUT2D eigenvalue weighted by molar-refractivity contribution is 0.112. The molecule has 0 unspecified atom stereocenters. The van der Waals surface area contributed by atoms with Crippen LogP contribution in [0.25, 0.3) is 0 Å². The molecule has 0 bridgehead atoms. The Balaban J connectivity index is 2.06. The SMILES string of the molecule is CCCN(CC1CC1)C(=O)Nc1cccc(C=O)c1C. The van der Waals surface area contributed by atoms with Gasteiger partial charge in [-0.15, -0.1) is 0 Å². The average Bonchev–Trinajstić information content (AvgIpc) is 3.24. The minimum atomic E-state index is -0.0649. The van der Waals surface area contributed by atoms with E-state index in [1.54, 1.807) is 12.1 Å². The molecule has 0 aromatic heterocycles. The molecular weight excluding hydrogens is 252 g/mol. The van der Waals surface area contributed by atoms with E-state index < -0.39 is 0 Å². The highest BCUT2D eigenvalue weighted by molar-refractivity contribution is 5.92. The number of amides is 2. The molecule has 4 nitrogen and oxygen atoms in total. The van der Waals surface area contributed by atoms with Gasteiger partial charge in [-0.25, -0.2) is 4.79 Å². The van der Waals surface area contributed by atoms with Gasteiger partial charge in [-0.05, 0) is 43.7 Å². The largest absolute Gasteiger partial charge is 0.324 e. The number of urea groups is 1. The molecule has 1 aromatic carbocycles. The maximum absolute atomic E-state index is 12.3. The van der Waals surface area contributed by atoms with Crippen LogP contribution in [0.3, 0.4) is 0 Å². The molecule has 1 aromatic rings. The fourth-order valence-electron chi connectivity index (χ4n) is 2.27. The summed E-state index contributed by atoms with van der Waals surface area (Å²) in [4.78, 5) is 25.2. The number of carbonyl (C=O) groups is 2. The topological polar surface area (TPSA) is 49.4 Å². The van der Waals surface area contributed by atoms with Crippen molar-refractivity contribution in [1.82, 2.24) is 4.90 Å². The molecule has 0 spiro atoms. The van der Waals surface area contributed by atoms with Crippen LogP contribution in [0.15, 0.2) is 18.2 Å². The summed E-state index contributed by atoms with van der Waals surface area (Å²) in [5.41, 5.74) is 2.15. The van der Waals surface area contributed by atoms with Crippen LogP contribution in [0.1, 0.15) is 42.1 Å². The van der Waals surface area contributed by atoms with Gasteiger partial charge < -0.3 is 10.2 Å². The molecule has 0 radical (unpaired) electrons. The lowest BCUT2D eigenvalue weighted by atomic mass is 10.1. The second-order valence-corrected chi connectivity index (χ2v) is 5.46. The summed E-state index contributed by atoms with van der Waals surface area (Å²) in [7, 11) is 0. The van der Waals surface area contributed by atoms with Crippen molar-refractivity contribution in [2.75, 3.05) is 18.4 Å². The zero-order valence-corrected chi connectivity index (χ0v) is 12.2. The van der Waals surface area contributed by atoms with Crippen LogP contribution in [0.2, 0.25) is 0 Å². The lowest BCUT2D eigenvalue weighted by Crippen LogP contribution is -2.37. The zero-order chi connectivity index (χ0) is 14.5. The number of nitrogens with zero attached hydrogens (tertiary/aromatic N) is 1. The van der Waals surface area contributed by atoms with Gasteiger partial charge in [-0.2, -0.15) is 0 Å². The molecule has 2 rings (SSSR count). The zero-order valence-electron chi connectivity index (χ0n) is 12.2. The monoisotopic (exact) mass is 274 g/mol. The van der Waals surface area contributed by atoms with Crippen molar-refractivity contribution in [2.24, 2.45) is 5.92 Å². The van der Waals surface area contributed by atoms with Crippen LogP contribution >= 0.6 is 0 Å². The Morgan fingerprint density at radius 1 is 1.45 bits per heavy atom. The van der Waals surface area contributed by atoms with Gasteiger partial charge in [-0.3, -0.25) is 4.79 Å². The molecule has 1 aliphatic carbocycles. The molecule has 1 fully saturated rings. The number of hydrogen-bond donors (Lipinski definition) is 1. The number of aldehydes is 1. The van der Waals surface area contributed by atoms with Crippen molar-refractivity contribution in [3.8, 4) is 0 Å². The third-order valence-electron chi connectivity index (χ3n) is 3.70. The summed E-state index contributed by atoms with van der Waals surface area (Å²) in [5.74, 6) is 0.676. The molecule has 0 saturated heterocycles. The minimum Gasteiger partial charge on any atom is -0.324 e. The molecule has 20 heavy (non-hydrogen) atoms. The Hall–Kier alpha value is -1.84. The first kappa shape index (κ1) is 14.6. The van der Waals surface area contributed by atoms with Crippen molar-refractivity contribution < 1.29 is 9.59 Å². The van der Waals surface area contributed by atoms with Crippen LogP contribution in [-0.2, 0) is 0 Å². The third kappa shape index (κ3) is 3.59. The number of carbonyl (C=O) groups excluding carboxylic acids is 2. The fourth-order valence-corrected chi connectivity index (χ4v) is 2.27. The summed E-state index contributed by atoms with van der Waals surface area (Å²) in [6, 6.07) is 5.31. The second kappa shape index (κ2) is 6.55. The number of hydrogen-bond acceptors (Lipinski definition) is 2. The van der Waals surface area contributed by atoms with Crippen LogP contribution in [0, 0.1) is 12.8 Å². The molecule has 0 aliphatic heterocycles. The molecule has 1 saturated carbocycles. The predicted octanol–water partition coefficient (Wildman–Crippen LogP) is 3.46. The van der Waals surface area contributed by atoms with Crippen LogP contribution in [0.4, 0.5) is 10.5 Å². The van der Waals surface area contributed by atoms with E-state index in [9.17, 15) is 9.59 Å². The van der Waals surface area contributed by atoms with Crippen molar-refractivity contribution >= 4 is 18.0 Å². The average molecular weight is 274 g/mol. The van der Waals surface area contributed by atoms with Crippen LogP contribution in [-0.4, -0.2) is 30.3 Å². The number of rotatable bonds is 6. The highest BCUT2D eigenvalue weighted by atomic mass is 16.2. The van der Waals surface area contributed by atoms with Gasteiger partial charge in [0.05, 0.1) is 0 Å². The van der Waals surface area contributed by atoms with Crippen LogP contribution in [0.5, 0.6) is 0 Å². The molecular formula is C16H22N2O2. The summed E-state index contributed by atoms with van der Waals surface area (Å²) in [6.07, 6.45) is 4.23. The molecule has 4 heteroatoms. The molecule has 0 heterocycles. The van der Waals surface area contributed by atoms with E-state index in [0.717, 1.165) is 37.0 Å². The first-order valence-electron chi connectivity index (χ1n) is 7.26. The standard InChI is InChI=1S/C16H22N2O2/c1-3-9-18(10-13-7-8-13)16(20)17-15-6-4-5-14(11-19)12(15)2/h4-6,11,13H,3,7-10H2,1-2H3,(H,17,20). The van der Waals surface area contributed by atoms with Crippen molar-refractivity contribution in [3.63, 3.8) is 0 Å². The molecule has 0 atom stereocenters. The highest BCUT2D eigenvalue weighted by Gasteiger charge is 2.26. The molecule has 1 aliphatic rings. The fraction of sp³-hybridized carbons (Fsp3) is 0.500. The van der Waals surface area contributed by atoms with Gasteiger partial charge >= 0.3 is 6.03 Å². The summed E-state index contributed by atoms with van der Waals surface area (Å²) in [5, 5.41) is 2.93. The molecule has 2 amide bonds. The number of anilines is 1. The van der Waals surface area contributed by atoms with Crippen molar-refractivity contribution in [3.05, 3.63) is 29.3 Å². The van der Waals surface area contributed by atoms with Gasteiger partial charge in [0.25, 0.3) is 0 Å². The number of benzene rings is 1. The lowest BCUT2D eigenvalue weighted by Gasteiger charge is -2.23. The third-order valence-corrected chi connectivity index (χ3v) is 3.70. The first-order valence-corrected chi connectivity index (χ1v) is 7.26. The number of nitrogens with one attached hydrogen (secondary N) is 1. The second-order valence-electron chi connectivity index (χ2n) is 5.46. The van der Waals surface area contributed by atoms with E-state index in [1.807, 2.05) is 17.9 Å². The molecule has 1 N–H and O–H groups in total. The van der Waals surface area contributed by atoms with E-state index in [4.69, 9.17) is 0 Å². The van der Waals surface area contributed by atoms with Crippen molar-refractivity contribution in [1.29, 1.82) is 0 Å². The smallest absolute Gasteiger partial charge is 0.321 e. The van der Waals surface area contributed by atoms with Crippen LogP contribution < -0.4 is 5.32 Å². The maximum atomic E-state index is 12.3. The minimum absolute atomic E-state index is 0.0649. The molecule has 108 valence electrons. The van der Waals surface area contributed by atoms with Gasteiger partial charge in [0.2, 0.25) is 0 Å². The van der Waals surface area contributed by atoms with E-state index in [-0.39, 0.29) is 6.03 Å². The summed E-state index contributed by atoms with van der Waals surface area (Å²) < 4.78 is 0. The van der Waals surface area contributed by atoms with Gasteiger partial charge in [0.15, 0.2) is 0 Å². The Morgan fingerprint density at radius 3 is 2.80 bits per heavy atom. The van der Waals surface area contributed by atoms with E-state index in [1.165, 1.54) is 12.8 Å². The summed E-state index contributed by atoms with van der Waals surface area (Å²) >= 11 is 0. The van der Waals surface area contributed by atoms with E-state index in [0.29, 0.717) is 11.5 Å². The van der Waals surface area contributed by atoms with E-state index in [2.05, 4.69) is 12.2 Å². The Labute approximate surface area is 120 Å². The predicted molar refractivity (Wildman–Crippen MR) is 80.2 cm³/mol. The van der Waals surface area contributed by atoms with Gasteiger partial charge in [0.1, 0.15) is 6.29 Å².